The first-order valence-corrected chi connectivity index (χ1v) is 6.73. The SMILES string of the molecule is Cl.Clc1ccccc1-n1nccc1C1CCNCC1. The summed E-state index contributed by atoms with van der Waals surface area (Å²) in [5.41, 5.74) is 2.24. The number of nitrogens with zero attached hydrogens (tertiary/aromatic N) is 2. The van der Waals surface area contributed by atoms with Gasteiger partial charge in [-0.15, -0.1) is 12.4 Å². The summed E-state index contributed by atoms with van der Waals surface area (Å²) in [6.45, 7) is 2.16. The molecule has 1 N–H and O–H groups in total. The summed E-state index contributed by atoms with van der Waals surface area (Å²) in [6, 6.07) is 9.97. The Morgan fingerprint density at radius 1 is 1.16 bits per heavy atom. The van der Waals surface area contributed by atoms with Crippen LogP contribution in [0.15, 0.2) is 36.5 Å². The molecule has 2 aromatic rings. The average Bonchev–Trinajstić information content (AvgIpc) is 2.89. The molecule has 102 valence electrons. The van der Waals surface area contributed by atoms with E-state index in [2.05, 4.69) is 16.5 Å². The minimum Gasteiger partial charge on any atom is -0.317 e. The zero-order valence-corrected chi connectivity index (χ0v) is 12.1. The number of halogens is 2. The van der Waals surface area contributed by atoms with Crippen molar-refractivity contribution in [2.24, 2.45) is 0 Å². The van der Waals surface area contributed by atoms with Gasteiger partial charge in [0.25, 0.3) is 0 Å². The van der Waals surface area contributed by atoms with Gasteiger partial charge in [-0.05, 0) is 44.1 Å². The van der Waals surface area contributed by atoms with Crippen LogP contribution in [-0.2, 0) is 0 Å². The van der Waals surface area contributed by atoms with E-state index in [0.717, 1.165) is 36.6 Å². The van der Waals surface area contributed by atoms with Gasteiger partial charge in [0.2, 0.25) is 0 Å². The molecule has 0 saturated carbocycles. The zero-order valence-electron chi connectivity index (χ0n) is 10.6. The highest BCUT2D eigenvalue weighted by molar-refractivity contribution is 6.32. The van der Waals surface area contributed by atoms with Crippen LogP contribution in [0.3, 0.4) is 0 Å². The third-order valence-electron chi connectivity index (χ3n) is 3.51. The first-order valence-electron chi connectivity index (χ1n) is 6.36. The molecule has 1 saturated heterocycles. The molecule has 0 amide bonds. The van der Waals surface area contributed by atoms with Gasteiger partial charge in [-0.25, -0.2) is 4.68 Å². The van der Waals surface area contributed by atoms with Gasteiger partial charge in [-0.2, -0.15) is 5.10 Å². The Morgan fingerprint density at radius 3 is 2.63 bits per heavy atom. The second-order valence-electron chi connectivity index (χ2n) is 4.64. The van der Waals surface area contributed by atoms with Crippen molar-refractivity contribution < 1.29 is 0 Å². The Kier molecular flexibility index (Phi) is 4.86. The molecule has 1 aromatic carbocycles. The Hall–Kier alpha value is -1.03. The van der Waals surface area contributed by atoms with Crippen LogP contribution in [0.4, 0.5) is 0 Å². The van der Waals surface area contributed by atoms with Gasteiger partial charge in [0.1, 0.15) is 0 Å². The maximum Gasteiger partial charge on any atom is 0.0835 e. The number of aromatic nitrogens is 2. The number of piperidine rings is 1. The van der Waals surface area contributed by atoms with Gasteiger partial charge < -0.3 is 5.32 Å². The van der Waals surface area contributed by atoms with Crippen molar-refractivity contribution in [1.82, 2.24) is 15.1 Å². The lowest BCUT2D eigenvalue weighted by Gasteiger charge is -2.23. The molecule has 2 heterocycles. The van der Waals surface area contributed by atoms with Gasteiger partial charge in [-0.3, -0.25) is 0 Å². The van der Waals surface area contributed by atoms with Crippen LogP contribution in [0.1, 0.15) is 24.5 Å². The molecule has 1 aliphatic rings. The fourth-order valence-corrected chi connectivity index (χ4v) is 2.78. The van der Waals surface area contributed by atoms with Crippen molar-refractivity contribution >= 4 is 24.0 Å². The summed E-state index contributed by atoms with van der Waals surface area (Å²) in [5, 5.41) is 8.57. The maximum atomic E-state index is 6.25. The van der Waals surface area contributed by atoms with Gasteiger partial charge in [0.15, 0.2) is 0 Å². The standard InChI is InChI=1S/C14H16ClN3.ClH/c15-12-3-1-2-4-14(12)18-13(7-10-17-18)11-5-8-16-9-6-11;/h1-4,7,10-11,16H,5-6,8-9H2;1H. The lowest BCUT2D eigenvalue weighted by atomic mass is 9.94. The molecule has 19 heavy (non-hydrogen) atoms. The fraction of sp³-hybridized carbons (Fsp3) is 0.357. The third kappa shape index (κ3) is 2.94. The van der Waals surface area contributed by atoms with E-state index in [4.69, 9.17) is 11.6 Å². The van der Waals surface area contributed by atoms with Gasteiger partial charge in [0.05, 0.1) is 10.7 Å². The van der Waals surface area contributed by atoms with E-state index < -0.39 is 0 Å². The fourth-order valence-electron chi connectivity index (χ4n) is 2.57. The molecule has 0 aliphatic carbocycles. The lowest BCUT2D eigenvalue weighted by Crippen LogP contribution is -2.27. The molecule has 1 aliphatic heterocycles. The molecular formula is C14H17Cl2N3. The molecular weight excluding hydrogens is 281 g/mol. The number of rotatable bonds is 2. The van der Waals surface area contributed by atoms with Gasteiger partial charge in [0, 0.05) is 17.8 Å². The quantitative estimate of drug-likeness (QED) is 0.920. The van der Waals surface area contributed by atoms with Crippen LogP contribution in [0.2, 0.25) is 5.02 Å². The monoisotopic (exact) mass is 297 g/mol. The van der Waals surface area contributed by atoms with Gasteiger partial charge >= 0.3 is 0 Å². The zero-order chi connectivity index (χ0) is 12.4. The average molecular weight is 298 g/mol. The molecule has 0 spiro atoms. The topological polar surface area (TPSA) is 29.9 Å². The molecule has 0 atom stereocenters. The highest BCUT2D eigenvalue weighted by atomic mass is 35.5. The Balaban J connectivity index is 0.00000133. The van der Waals surface area contributed by atoms with E-state index in [1.165, 1.54) is 5.69 Å². The Bertz CT molecular complexity index is 533. The minimum absolute atomic E-state index is 0. The van der Waals surface area contributed by atoms with Crippen molar-refractivity contribution in [3.8, 4) is 5.69 Å². The van der Waals surface area contributed by atoms with Crippen LogP contribution < -0.4 is 5.32 Å². The predicted octanol–water partition coefficient (Wildman–Crippen LogP) is 3.41. The molecule has 0 unspecified atom stereocenters. The van der Waals surface area contributed by atoms with E-state index in [-0.39, 0.29) is 12.4 Å². The summed E-state index contributed by atoms with van der Waals surface area (Å²) in [4.78, 5) is 0. The van der Waals surface area contributed by atoms with Crippen molar-refractivity contribution in [1.29, 1.82) is 0 Å². The van der Waals surface area contributed by atoms with Crippen molar-refractivity contribution in [3.05, 3.63) is 47.2 Å². The first kappa shape index (κ1) is 14.4. The Morgan fingerprint density at radius 2 is 1.89 bits per heavy atom. The van der Waals surface area contributed by atoms with Crippen LogP contribution in [-0.4, -0.2) is 22.9 Å². The third-order valence-corrected chi connectivity index (χ3v) is 3.83. The second kappa shape index (κ2) is 6.42. The second-order valence-corrected chi connectivity index (χ2v) is 5.05. The van der Waals surface area contributed by atoms with Crippen LogP contribution in [0.25, 0.3) is 5.69 Å². The smallest absolute Gasteiger partial charge is 0.0835 e. The molecule has 5 heteroatoms. The normalized spacial score (nSPS) is 16.1. The summed E-state index contributed by atoms with van der Waals surface area (Å²) < 4.78 is 1.98. The van der Waals surface area contributed by atoms with Crippen molar-refractivity contribution in [2.45, 2.75) is 18.8 Å². The molecule has 1 fully saturated rings. The van der Waals surface area contributed by atoms with Gasteiger partial charge in [-0.1, -0.05) is 23.7 Å². The summed E-state index contributed by atoms with van der Waals surface area (Å²) in [5.74, 6) is 0.574. The minimum atomic E-state index is 0. The molecule has 3 nitrogen and oxygen atoms in total. The lowest BCUT2D eigenvalue weighted by molar-refractivity contribution is 0.446. The molecule has 3 rings (SSSR count). The van der Waals surface area contributed by atoms with E-state index in [1.807, 2.05) is 35.1 Å². The molecule has 0 bridgehead atoms. The molecule has 1 aromatic heterocycles. The number of benzene rings is 1. The summed E-state index contributed by atoms with van der Waals surface area (Å²) in [6.07, 6.45) is 4.19. The van der Waals surface area contributed by atoms with Crippen LogP contribution in [0, 0.1) is 0 Å². The van der Waals surface area contributed by atoms with E-state index in [9.17, 15) is 0 Å². The first-order chi connectivity index (χ1) is 8.86. The summed E-state index contributed by atoms with van der Waals surface area (Å²) in [7, 11) is 0. The van der Waals surface area contributed by atoms with E-state index in [0.29, 0.717) is 5.92 Å². The highest BCUT2D eigenvalue weighted by Crippen LogP contribution is 2.29. The molecule has 0 radical (unpaired) electrons. The van der Waals surface area contributed by atoms with Crippen LogP contribution >= 0.6 is 24.0 Å². The Labute approximate surface area is 124 Å². The number of hydrogen-bond acceptors (Lipinski definition) is 2. The number of hydrogen-bond donors (Lipinski definition) is 1. The predicted molar refractivity (Wildman–Crippen MR) is 80.7 cm³/mol. The van der Waals surface area contributed by atoms with E-state index in [1.54, 1.807) is 0 Å². The maximum absolute atomic E-state index is 6.25. The van der Waals surface area contributed by atoms with Crippen molar-refractivity contribution in [2.75, 3.05) is 13.1 Å². The highest BCUT2D eigenvalue weighted by Gasteiger charge is 2.20. The van der Waals surface area contributed by atoms with Crippen molar-refractivity contribution in [3.63, 3.8) is 0 Å². The van der Waals surface area contributed by atoms with E-state index >= 15 is 0 Å². The summed E-state index contributed by atoms with van der Waals surface area (Å²) >= 11 is 6.25. The number of para-hydroxylation sites is 1. The number of nitrogens with one attached hydrogen (secondary N) is 1. The van der Waals surface area contributed by atoms with Crippen LogP contribution in [0.5, 0.6) is 0 Å². The largest absolute Gasteiger partial charge is 0.317 e.